The van der Waals surface area contributed by atoms with Gasteiger partial charge in [0, 0.05) is 18.2 Å². The summed E-state index contributed by atoms with van der Waals surface area (Å²) in [5.41, 5.74) is 0.743. The van der Waals surface area contributed by atoms with Crippen molar-refractivity contribution in [3.05, 3.63) is 54.0 Å². The standard InChI is InChI=1S/C22H26FN3O3/c1-5-6-17-12-26(20(21(27)24-17)14(4)13(2)3)22(28)18-11-19(29-25-18)15-7-9-16(23)10-8-15/h5-11,13-14,17,20H,12H2,1-4H3,(H,24,27). The molecule has 2 amide bonds. The number of hydrogen-bond acceptors (Lipinski definition) is 4. The Kier molecular flexibility index (Phi) is 6.15. The van der Waals surface area contributed by atoms with Gasteiger partial charge in [-0.05, 0) is 43.0 Å². The van der Waals surface area contributed by atoms with E-state index in [0.717, 1.165) is 0 Å². The Morgan fingerprint density at radius 1 is 1.31 bits per heavy atom. The van der Waals surface area contributed by atoms with Gasteiger partial charge < -0.3 is 14.7 Å². The Labute approximate surface area is 169 Å². The molecule has 0 saturated carbocycles. The van der Waals surface area contributed by atoms with E-state index in [2.05, 4.69) is 10.5 Å². The lowest BCUT2D eigenvalue weighted by Gasteiger charge is -2.42. The summed E-state index contributed by atoms with van der Waals surface area (Å²) in [5.74, 6) is -0.335. The molecule has 2 heterocycles. The maximum absolute atomic E-state index is 13.3. The highest BCUT2D eigenvalue weighted by Crippen LogP contribution is 2.26. The van der Waals surface area contributed by atoms with Crippen LogP contribution in [0.1, 0.15) is 38.2 Å². The van der Waals surface area contributed by atoms with Crippen LogP contribution in [0.15, 0.2) is 47.0 Å². The van der Waals surface area contributed by atoms with Crippen molar-refractivity contribution in [1.82, 2.24) is 15.4 Å². The number of halogens is 1. The average Bonchev–Trinajstić information content (AvgIpc) is 3.17. The number of hydrogen-bond donors (Lipinski definition) is 1. The summed E-state index contributed by atoms with van der Waals surface area (Å²) in [6, 6.07) is 6.44. The van der Waals surface area contributed by atoms with Crippen LogP contribution in [0.3, 0.4) is 0 Å². The van der Waals surface area contributed by atoms with Gasteiger partial charge in [0.05, 0.1) is 6.04 Å². The molecule has 0 bridgehead atoms. The topological polar surface area (TPSA) is 75.4 Å². The normalized spacial score (nSPS) is 20.9. The Morgan fingerprint density at radius 2 is 2.00 bits per heavy atom. The second-order valence-electron chi connectivity index (χ2n) is 7.73. The number of amides is 2. The van der Waals surface area contributed by atoms with Gasteiger partial charge in [-0.2, -0.15) is 0 Å². The highest BCUT2D eigenvalue weighted by atomic mass is 19.1. The zero-order valence-electron chi connectivity index (χ0n) is 17.1. The lowest BCUT2D eigenvalue weighted by Crippen LogP contribution is -2.63. The third kappa shape index (κ3) is 4.39. The molecule has 1 N–H and O–H groups in total. The van der Waals surface area contributed by atoms with Crippen molar-refractivity contribution in [2.24, 2.45) is 11.8 Å². The van der Waals surface area contributed by atoms with Crippen LogP contribution in [0, 0.1) is 17.7 Å². The molecule has 6 nitrogen and oxygen atoms in total. The van der Waals surface area contributed by atoms with Crippen LogP contribution in [0.5, 0.6) is 0 Å². The van der Waals surface area contributed by atoms with Gasteiger partial charge >= 0.3 is 0 Å². The maximum Gasteiger partial charge on any atom is 0.276 e. The molecule has 1 aliphatic rings. The third-order valence-corrected chi connectivity index (χ3v) is 5.42. The van der Waals surface area contributed by atoms with Crippen molar-refractivity contribution >= 4 is 11.8 Å². The molecule has 1 aromatic carbocycles. The van der Waals surface area contributed by atoms with Crippen molar-refractivity contribution < 1.29 is 18.5 Å². The van der Waals surface area contributed by atoms with Crippen LogP contribution in [0.4, 0.5) is 4.39 Å². The SMILES string of the molecule is CC=CC1CN(C(=O)c2cc(-c3ccc(F)cc3)on2)C(C(C)C(C)C)C(=O)N1. The first kappa shape index (κ1) is 20.8. The average molecular weight is 399 g/mol. The number of piperazine rings is 1. The number of carbonyl (C=O) groups is 2. The number of aromatic nitrogens is 1. The van der Waals surface area contributed by atoms with Gasteiger partial charge in [-0.1, -0.05) is 38.1 Å². The summed E-state index contributed by atoms with van der Waals surface area (Å²) in [5, 5.41) is 6.89. The summed E-state index contributed by atoms with van der Waals surface area (Å²) in [6.07, 6.45) is 3.71. The fourth-order valence-corrected chi connectivity index (χ4v) is 3.49. The van der Waals surface area contributed by atoms with E-state index in [-0.39, 0.29) is 41.2 Å². The maximum atomic E-state index is 13.3. The second-order valence-corrected chi connectivity index (χ2v) is 7.73. The molecule has 154 valence electrons. The zero-order valence-corrected chi connectivity index (χ0v) is 17.1. The fourth-order valence-electron chi connectivity index (χ4n) is 3.49. The monoisotopic (exact) mass is 399 g/mol. The third-order valence-electron chi connectivity index (χ3n) is 5.42. The van der Waals surface area contributed by atoms with E-state index < -0.39 is 6.04 Å². The lowest BCUT2D eigenvalue weighted by molar-refractivity contribution is -0.131. The molecule has 0 aliphatic carbocycles. The molecular formula is C22H26FN3O3. The van der Waals surface area contributed by atoms with Crippen molar-refractivity contribution in [2.75, 3.05) is 6.54 Å². The predicted molar refractivity (Wildman–Crippen MR) is 107 cm³/mol. The first-order chi connectivity index (χ1) is 13.8. The van der Waals surface area contributed by atoms with E-state index in [9.17, 15) is 14.0 Å². The number of nitrogens with one attached hydrogen (secondary N) is 1. The molecule has 1 aliphatic heterocycles. The molecule has 3 atom stereocenters. The molecular weight excluding hydrogens is 373 g/mol. The van der Waals surface area contributed by atoms with Crippen molar-refractivity contribution in [2.45, 2.75) is 39.8 Å². The Bertz CT molecular complexity index is 904. The summed E-state index contributed by atoms with van der Waals surface area (Å²) < 4.78 is 18.5. The lowest BCUT2D eigenvalue weighted by atomic mass is 9.86. The molecule has 29 heavy (non-hydrogen) atoms. The minimum absolute atomic E-state index is 0.0334. The molecule has 0 radical (unpaired) electrons. The fraction of sp³-hybridized carbons (Fsp3) is 0.409. The summed E-state index contributed by atoms with van der Waals surface area (Å²) in [4.78, 5) is 27.7. The highest BCUT2D eigenvalue weighted by molar-refractivity contribution is 5.97. The van der Waals surface area contributed by atoms with Crippen LogP contribution < -0.4 is 5.32 Å². The molecule has 3 unspecified atom stereocenters. The largest absolute Gasteiger partial charge is 0.355 e. The first-order valence-corrected chi connectivity index (χ1v) is 9.78. The van der Waals surface area contributed by atoms with Gasteiger partial charge in [0.1, 0.15) is 11.9 Å². The van der Waals surface area contributed by atoms with E-state index in [1.807, 2.05) is 39.8 Å². The van der Waals surface area contributed by atoms with Crippen LogP contribution in [-0.2, 0) is 4.79 Å². The van der Waals surface area contributed by atoms with Gasteiger partial charge in [0.15, 0.2) is 11.5 Å². The van der Waals surface area contributed by atoms with Crippen LogP contribution in [0.25, 0.3) is 11.3 Å². The Balaban J connectivity index is 1.91. The molecule has 1 fully saturated rings. The van der Waals surface area contributed by atoms with Gasteiger partial charge in [0.2, 0.25) is 5.91 Å². The number of carbonyl (C=O) groups excluding carboxylic acids is 2. The van der Waals surface area contributed by atoms with E-state index in [0.29, 0.717) is 17.9 Å². The van der Waals surface area contributed by atoms with E-state index in [4.69, 9.17) is 4.52 Å². The van der Waals surface area contributed by atoms with Crippen LogP contribution in [0.2, 0.25) is 0 Å². The number of rotatable bonds is 5. The molecule has 3 rings (SSSR count). The summed E-state index contributed by atoms with van der Waals surface area (Å²) in [6.45, 7) is 8.25. The highest BCUT2D eigenvalue weighted by Gasteiger charge is 2.41. The molecule has 1 saturated heterocycles. The molecule has 1 aromatic heterocycles. The number of nitrogens with zero attached hydrogens (tertiary/aromatic N) is 2. The minimum atomic E-state index is -0.588. The quantitative estimate of drug-likeness (QED) is 0.779. The smallest absolute Gasteiger partial charge is 0.276 e. The van der Waals surface area contributed by atoms with E-state index in [1.165, 1.54) is 18.2 Å². The number of benzene rings is 1. The summed E-state index contributed by atoms with van der Waals surface area (Å²) in [7, 11) is 0. The Morgan fingerprint density at radius 3 is 2.62 bits per heavy atom. The zero-order chi connectivity index (χ0) is 21.1. The van der Waals surface area contributed by atoms with Gasteiger partial charge in [-0.3, -0.25) is 9.59 Å². The molecule has 7 heteroatoms. The van der Waals surface area contributed by atoms with Crippen LogP contribution >= 0.6 is 0 Å². The molecule has 2 aromatic rings. The number of allylic oxidation sites excluding steroid dienone is 1. The Hall–Kier alpha value is -2.96. The van der Waals surface area contributed by atoms with E-state index in [1.54, 1.807) is 17.0 Å². The predicted octanol–water partition coefficient (Wildman–Crippen LogP) is 3.66. The molecule has 0 spiro atoms. The van der Waals surface area contributed by atoms with Gasteiger partial charge in [0.25, 0.3) is 5.91 Å². The van der Waals surface area contributed by atoms with Gasteiger partial charge in [-0.15, -0.1) is 0 Å². The van der Waals surface area contributed by atoms with Crippen molar-refractivity contribution in [1.29, 1.82) is 0 Å². The van der Waals surface area contributed by atoms with Crippen LogP contribution in [-0.4, -0.2) is 40.5 Å². The summed E-state index contributed by atoms with van der Waals surface area (Å²) >= 11 is 0. The van der Waals surface area contributed by atoms with Gasteiger partial charge in [-0.25, -0.2) is 4.39 Å². The first-order valence-electron chi connectivity index (χ1n) is 9.78. The van der Waals surface area contributed by atoms with E-state index >= 15 is 0 Å². The van der Waals surface area contributed by atoms with Crippen molar-refractivity contribution in [3.8, 4) is 11.3 Å². The van der Waals surface area contributed by atoms with Crippen molar-refractivity contribution in [3.63, 3.8) is 0 Å². The minimum Gasteiger partial charge on any atom is -0.355 e. The second kappa shape index (κ2) is 8.59.